The fraction of sp³-hybridized carbons (Fsp3) is 0.364. The summed E-state index contributed by atoms with van der Waals surface area (Å²) in [5, 5.41) is 12.3. The van der Waals surface area contributed by atoms with Gasteiger partial charge in [-0.3, -0.25) is 0 Å². The van der Waals surface area contributed by atoms with Gasteiger partial charge in [0.15, 0.2) is 6.10 Å². The Balaban J connectivity index is 2.18. The van der Waals surface area contributed by atoms with Crippen LogP contribution in [0.1, 0.15) is 5.01 Å². The minimum atomic E-state index is -4.65. The minimum Gasteiger partial charge on any atom is -0.397 e. The fourth-order valence-corrected chi connectivity index (χ4v) is 2.44. The van der Waals surface area contributed by atoms with Crippen LogP contribution in [0.4, 0.5) is 24.5 Å². The molecule has 104 valence electrons. The molecule has 0 aliphatic rings. The van der Waals surface area contributed by atoms with Gasteiger partial charge in [-0.2, -0.15) is 13.2 Å². The molecule has 0 amide bonds. The zero-order valence-corrected chi connectivity index (χ0v) is 10.8. The Morgan fingerprint density at radius 3 is 2.79 bits per heavy atom. The molecule has 0 aliphatic heterocycles. The molecule has 0 fully saturated rings. The van der Waals surface area contributed by atoms with E-state index < -0.39 is 18.8 Å². The molecule has 0 bridgehead atoms. The maximum absolute atomic E-state index is 12.2. The Labute approximate surface area is 111 Å². The van der Waals surface area contributed by atoms with Crippen molar-refractivity contribution in [1.82, 2.24) is 4.98 Å². The molecule has 0 radical (unpaired) electrons. The standard InChI is InChI=1S/C11H12F3N3OS/c1-5-17-8-3-7(6(15)2-9(8)19-5)16-4-10(18)11(12,13)14/h2-3,10,16,18H,4,15H2,1H3. The Hall–Kier alpha value is -1.54. The van der Waals surface area contributed by atoms with Crippen molar-refractivity contribution in [2.24, 2.45) is 0 Å². The molecule has 2 rings (SSSR count). The summed E-state index contributed by atoms with van der Waals surface area (Å²) in [6.45, 7) is 1.18. The number of aliphatic hydroxyl groups excluding tert-OH is 1. The molecule has 0 saturated carbocycles. The van der Waals surface area contributed by atoms with Crippen LogP contribution in [0.25, 0.3) is 10.2 Å². The van der Waals surface area contributed by atoms with Crippen molar-refractivity contribution in [2.45, 2.75) is 19.2 Å². The van der Waals surface area contributed by atoms with Gasteiger partial charge < -0.3 is 16.2 Å². The van der Waals surface area contributed by atoms with E-state index in [1.807, 2.05) is 6.92 Å². The van der Waals surface area contributed by atoms with E-state index in [0.29, 0.717) is 16.9 Å². The van der Waals surface area contributed by atoms with Crippen LogP contribution in [-0.4, -0.2) is 28.9 Å². The third kappa shape index (κ3) is 3.07. The van der Waals surface area contributed by atoms with Gasteiger partial charge in [0.1, 0.15) is 0 Å². The molecule has 0 saturated heterocycles. The Bertz CT molecular complexity index is 597. The molecule has 19 heavy (non-hydrogen) atoms. The van der Waals surface area contributed by atoms with Gasteiger partial charge in [-0.05, 0) is 19.1 Å². The van der Waals surface area contributed by atoms with Crippen molar-refractivity contribution >= 4 is 32.9 Å². The van der Waals surface area contributed by atoms with Crippen LogP contribution in [0.5, 0.6) is 0 Å². The number of alkyl halides is 3. The Morgan fingerprint density at radius 1 is 1.47 bits per heavy atom. The summed E-state index contributed by atoms with van der Waals surface area (Å²) in [5.41, 5.74) is 7.07. The summed E-state index contributed by atoms with van der Waals surface area (Å²) in [4.78, 5) is 4.23. The number of nitrogens with one attached hydrogen (secondary N) is 1. The SMILES string of the molecule is Cc1nc2cc(NCC(O)C(F)(F)F)c(N)cc2s1. The van der Waals surface area contributed by atoms with Gasteiger partial charge in [0.25, 0.3) is 0 Å². The molecule has 4 nitrogen and oxygen atoms in total. The summed E-state index contributed by atoms with van der Waals surface area (Å²) < 4.78 is 37.4. The summed E-state index contributed by atoms with van der Waals surface area (Å²) in [6, 6.07) is 3.24. The molecule has 1 unspecified atom stereocenters. The lowest BCUT2D eigenvalue weighted by Crippen LogP contribution is -2.35. The molecular formula is C11H12F3N3OS. The number of benzene rings is 1. The number of aromatic nitrogens is 1. The summed E-state index contributed by atoms with van der Waals surface area (Å²) >= 11 is 1.46. The normalized spacial score (nSPS) is 13.7. The molecule has 8 heteroatoms. The number of hydrogen-bond donors (Lipinski definition) is 3. The second kappa shape index (κ2) is 4.86. The average Bonchev–Trinajstić information content (AvgIpc) is 2.63. The van der Waals surface area contributed by atoms with Gasteiger partial charge in [-0.25, -0.2) is 4.98 Å². The third-order valence-corrected chi connectivity index (χ3v) is 3.46. The highest BCUT2D eigenvalue weighted by atomic mass is 32.1. The topological polar surface area (TPSA) is 71.2 Å². The Morgan fingerprint density at radius 2 is 2.16 bits per heavy atom. The molecule has 1 aromatic carbocycles. The van der Waals surface area contributed by atoms with E-state index in [1.54, 1.807) is 12.1 Å². The number of halogens is 3. The highest BCUT2D eigenvalue weighted by molar-refractivity contribution is 7.18. The van der Waals surface area contributed by atoms with Gasteiger partial charge in [-0.1, -0.05) is 0 Å². The van der Waals surface area contributed by atoms with E-state index >= 15 is 0 Å². The quantitative estimate of drug-likeness (QED) is 0.760. The lowest BCUT2D eigenvalue weighted by Gasteiger charge is -2.16. The van der Waals surface area contributed by atoms with E-state index in [1.165, 1.54) is 11.3 Å². The minimum absolute atomic E-state index is 0.325. The number of thiazole rings is 1. The number of nitrogens with zero attached hydrogens (tertiary/aromatic N) is 1. The van der Waals surface area contributed by atoms with Gasteiger partial charge >= 0.3 is 6.18 Å². The fourth-order valence-electron chi connectivity index (χ4n) is 1.58. The zero-order chi connectivity index (χ0) is 14.2. The zero-order valence-electron chi connectivity index (χ0n) is 9.95. The molecule has 1 aromatic heterocycles. The molecular weight excluding hydrogens is 279 g/mol. The lowest BCUT2D eigenvalue weighted by atomic mass is 10.2. The van der Waals surface area contributed by atoms with Crippen molar-refractivity contribution in [2.75, 3.05) is 17.6 Å². The first-order valence-corrected chi connectivity index (χ1v) is 6.24. The van der Waals surface area contributed by atoms with Gasteiger partial charge in [0, 0.05) is 6.54 Å². The van der Waals surface area contributed by atoms with Gasteiger partial charge in [-0.15, -0.1) is 11.3 Å². The molecule has 4 N–H and O–H groups in total. The predicted molar refractivity (Wildman–Crippen MR) is 69.3 cm³/mol. The number of rotatable bonds is 3. The number of aryl methyl sites for hydroxylation is 1. The van der Waals surface area contributed by atoms with E-state index in [4.69, 9.17) is 10.8 Å². The smallest absolute Gasteiger partial charge is 0.397 e. The van der Waals surface area contributed by atoms with Crippen LogP contribution < -0.4 is 11.1 Å². The monoisotopic (exact) mass is 291 g/mol. The molecule has 0 spiro atoms. The summed E-state index contributed by atoms with van der Waals surface area (Å²) in [5.74, 6) is 0. The predicted octanol–water partition coefficient (Wildman–Crippen LogP) is 2.52. The average molecular weight is 291 g/mol. The second-order valence-corrected chi connectivity index (χ2v) is 5.31. The van der Waals surface area contributed by atoms with Crippen LogP contribution in [-0.2, 0) is 0 Å². The lowest BCUT2D eigenvalue weighted by molar-refractivity contribution is -0.198. The first-order valence-electron chi connectivity index (χ1n) is 5.42. The Kier molecular flexibility index (Phi) is 3.55. The van der Waals surface area contributed by atoms with Gasteiger partial charge in [0.2, 0.25) is 0 Å². The number of hydrogen-bond acceptors (Lipinski definition) is 5. The van der Waals surface area contributed by atoms with Crippen LogP contribution >= 0.6 is 11.3 Å². The van der Waals surface area contributed by atoms with E-state index in [9.17, 15) is 13.2 Å². The second-order valence-electron chi connectivity index (χ2n) is 4.08. The van der Waals surface area contributed by atoms with Crippen LogP contribution in [0, 0.1) is 6.92 Å². The molecule has 1 atom stereocenters. The van der Waals surface area contributed by atoms with E-state index in [-0.39, 0.29) is 0 Å². The van der Waals surface area contributed by atoms with Crippen molar-refractivity contribution < 1.29 is 18.3 Å². The van der Waals surface area contributed by atoms with Crippen molar-refractivity contribution in [3.63, 3.8) is 0 Å². The van der Waals surface area contributed by atoms with Crippen molar-refractivity contribution in [3.05, 3.63) is 17.1 Å². The molecule has 1 heterocycles. The van der Waals surface area contributed by atoms with Crippen molar-refractivity contribution in [3.8, 4) is 0 Å². The highest BCUT2D eigenvalue weighted by Gasteiger charge is 2.37. The summed E-state index contributed by atoms with van der Waals surface area (Å²) in [7, 11) is 0. The molecule has 2 aromatic rings. The largest absolute Gasteiger partial charge is 0.416 e. The van der Waals surface area contributed by atoms with Crippen LogP contribution in [0.15, 0.2) is 12.1 Å². The first kappa shape index (κ1) is 13.9. The van der Waals surface area contributed by atoms with Crippen molar-refractivity contribution in [1.29, 1.82) is 0 Å². The third-order valence-electron chi connectivity index (χ3n) is 2.53. The van der Waals surface area contributed by atoms with Crippen LogP contribution in [0.3, 0.4) is 0 Å². The number of anilines is 2. The summed E-state index contributed by atoms with van der Waals surface area (Å²) in [6.07, 6.45) is -7.08. The van der Waals surface area contributed by atoms with Gasteiger partial charge in [0.05, 0.1) is 26.6 Å². The van der Waals surface area contributed by atoms with Crippen LogP contribution in [0.2, 0.25) is 0 Å². The molecule has 0 aliphatic carbocycles. The maximum atomic E-state index is 12.2. The number of nitrogens with two attached hydrogens (primary N) is 1. The van der Waals surface area contributed by atoms with E-state index in [0.717, 1.165) is 9.71 Å². The highest BCUT2D eigenvalue weighted by Crippen LogP contribution is 2.30. The first-order chi connectivity index (χ1) is 8.77. The number of nitrogen functional groups attached to an aromatic ring is 1. The maximum Gasteiger partial charge on any atom is 0.416 e. The number of fused-ring (bicyclic) bond motifs is 1. The van der Waals surface area contributed by atoms with E-state index in [2.05, 4.69) is 10.3 Å². The number of aliphatic hydroxyl groups is 1.